The lowest BCUT2D eigenvalue weighted by atomic mass is 10.1. The van der Waals surface area contributed by atoms with Gasteiger partial charge in [-0.1, -0.05) is 12.1 Å². The molecule has 90 valence electrons. The Hall–Kier alpha value is -1.07. The SMILES string of the molecule is CCONC(C)c1cccc(C(F)(F)F)c1. The van der Waals surface area contributed by atoms with Crippen LogP contribution in [-0.4, -0.2) is 6.61 Å². The Morgan fingerprint density at radius 1 is 1.38 bits per heavy atom. The van der Waals surface area contributed by atoms with Gasteiger partial charge in [-0.3, -0.25) is 0 Å². The first-order valence-electron chi connectivity index (χ1n) is 4.99. The van der Waals surface area contributed by atoms with E-state index in [0.29, 0.717) is 12.2 Å². The van der Waals surface area contributed by atoms with Crippen molar-refractivity contribution in [1.29, 1.82) is 0 Å². The molecule has 1 atom stereocenters. The Labute approximate surface area is 92.4 Å². The van der Waals surface area contributed by atoms with E-state index in [0.717, 1.165) is 12.1 Å². The zero-order valence-electron chi connectivity index (χ0n) is 9.14. The first kappa shape index (κ1) is 13.0. The Morgan fingerprint density at radius 3 is 2.62 bits per heavy atom. The summed E-state index contributed by atoms with van der Waals surface area (Å²) in [6, 6.07) is 4.92. The second-order valence-electron chi connectivity index (χ2n) is 3.40. The highest BCUT2D eigenvalue weighted by Crippen LogP contribution is 2.30. The number of hydrogen-bond donors (Lipinski definition) is 1. The average molecular weight is 233 g/mol. The number of benzene rings is 1. The number of nitrogens with one attached hydrogen (secondary N) is 1. The minimum absolute atomic E-state index is 0.276. The Balaban J connectivity index is 2.82. The minimum atomic E-state index is -4.30. The summed E-state index contributed by atoms with van der Waals surface area (Å²) in [5.41, 5.74) is 2.56. The van der Waals surface area contributed by atoms with Crippen molar-refractivity contribution in [3.63, 3.8) is 0 Å². The molecular formula is C11H14F3NO. The normalized spacial score (nSPS) is 13.8. The molecule has 0 radical (unpaired) electrons. The van der Waals surface area contributed by atoms with Crippen molar-refractivity contribution in [2.45, 2.75) is 26.1 Å². The topological polar surface area (TPSA) is 21.3 Å². The van der Waals surface area contributed by atoms with Crippen LogP contribution in [0.1, 0.15) is 31.0 Å². The van der Waals surface area contributed by atoms with Crippen molar-refractivity contribution in [2.24, 2.45) is 0 Å². The Morgan fingerprint density at radius 2 is 2.06 bits per heavy atom. The molecule has 0 aromatic heterocycles. The highest BCUT2D eigenvalue weighted by atomic mass is 19.4. The number of halogens is 3. The first-order chi connectivity index (χ1) is 7.45. The van der Waals surface area contributed by atoms with E-state index < -0.39 is 11.7 Å². The monoisotopic (exact) mass is 233 g/mol. The molecule has 1 aromatic rings. The van der Waals surface area contributed by atoms with Gasteiger partial charge in [-0.05, 0) is 31.5 Å². The van der Waals surface area contributed by atoms with E-state index in [1.165, 1.54) is 6.07 Å². The molecule has 0 aliphatic heterocycles. The molecule has 2 nitrogen and oxygen atoms in total. The third-order valence-electron chi connectivity index (χ3n) is 2.12. The molecule has 5 heteroatoms. The maximum Gasteiger partial charge on any atom is 0.416 e. The summed E-state index contributed by atoms with van der Waals surface area (Å²) in [6.07, 6.45) is -4.30. The molecule has 0 aliphatic carbocycles. The largest absolute Gasteiger partial charge is 0.416 e. The van der Waals surface area contributed by atoms with Crippen molar-refractivity contribution in [3.8, 4) is 0 Å². The fourth-order valence-electron chi connectivity index (χ4n) is 1.26. The van der Waals surface area contributed by atoms with Crippen LogP contribution in [0.4, 0.5) is 13.2 Å². The van der Waals surface area contributed by atoms with E-state index >= 15 is 0 Å². The molecule has 1 unspecified atom stereocenters. The molecule has 1 N–H and O–H groups in total. The van der Waals surface area contributed by atoms with Crippen molar-refractivity contribution < 1.29 is 18.0 Å². The second kappa shape index (κ2) is 5.32. The van der Waals surface area contributed by atoms with E-state index in [1.807, 2.05) is 0 Å². The highest BCUT2D eigenvalue weighted by Gasteiger charge is 2.30. The van der Waals surface area contributed by atoms with Gasteiger partial charge < -0.3 is 4.84 Å². The second-order valence-corrected chi connectivity index (χ2v) is 3.40. The molecule has 1 aromatic carbocycles. The molecule has 0 heterocycles. The zero-order chi connectivity index (χ0) is 12.2. The van der Waals surface area contributed by atoms with Crippen molar-refractivity contribution >= 4 is 0 Å². The van der Waals surface area contributed by atoms with Crippen LogP contribution in [0.25, 0.3) is 0 Å². The summed E-state index contributed by atoms with van der Waals surface area (Å²) < 4.78 is 37.3. The van der Waals surface area contributed by atoms with Gasteiger partial charge in [0.05, 0.1) is 18.2 Å². The summed E-state index contributed by atoms with van der Waals surface area (Å²) in [4.78, 5) is 4.94. The van der Waals surface area contributed by atoms with Crippen LogP contribution in [-0.2, 0) is 11.0 Å². The molecule has 1 rings (SSSR count). The fraction of sp³-hybridized carbons (Fsp3) is 0.455. The van der Waals surface area contributed by atoms with Crippen molar-refractivity contribution in [3.05, 3.63) is 35.4 Å². The maximum absolute atomic E-state index is 12.4. The lowest BCUT2D eigenvalue weighted by molar-refractivity contribution is -0.137. The molecular weight excluding hydrogens is 219 g/mol. The molecule has 0 spiro atoms. The summed E-state index contributed by atoms with van der Waals surface area (Å²) >= 11 is 0. The average Bonchev–Trinajstić information content (AvgIpc) is 2.25. The fourth-order valence-corrected chi connectivity index (χ4v) is 1.26. The van der Waals surface area contributed by atoms with Gasteiger partial charge in [0.25, 0.3) is 0 Å². The Bertz CT molecular complexity index is 338. The van der Waals surface area contributed by atoms with Gasteiger partial charge >= 0.3 is 6.18 Å². The van der Waals surface area contributed by atoms with Gasteiger partial charge in [-0.25, -0.2) is 0 Å². The molecule has 16 heavy (non-hydrogen) atoms. The molecule has 0 aliphatic rings. The summed E-state index contributed by atoms with van der Waals surface area (Å²) in [5.74, 6) is 0. The van der Waals surface area contributed by atoms with Gasteiger partial charge in [0.2, 0.25) is 0 Å². The van der Waals surface area contributed by atoms with Crippen LogP contribution >= 0.6 is 0 Å². The lowest BCUT2D eigenvalue weighted by Crippen LogP contribution is -2.19. The van der Waals surface area contributed by atoms with Crippen LogP contribution < -0.4 is 5.48 Å². The van der Waals surface area contributed by atoms with E-state index in [1.54, 1.807) is 19.9 Å². The van der Waals surface area contributed by atoms with Crippen LogP contribution in [0, 0.1) is 0 Å². The third-order valence-corrected chi connectivity index (χ3v) is 2.12. The van der Waals surface area contributed by atoms with Crippen molar-refractivity contribution in [2.75, 3.05) is 6.61 Å². The molecule has 0 saturated carbocycles. The van der Waals surface area contributed by atoms with E-state index in [4.69, 9.17) is 4.84 Å². The molecule has 0 saturated heterocycles. The number of rotatable bonds is 4. The van der Waals surface area contributed by atoms with Crippen LogP contribution in [0.3, 0.4) is 0 Å². The van der Waals surface area contributed by atoms with E-state index in [2.05, 4.69) is 5.48 Å². The van der Waals surface area contributed by atoms with Crippen molar-refractivity contribution in [1.82, 2.24) is 5.48 Å². The van der Waals surface area contributed by atoms with Gasteiger partial charge in [-0.2, -0.15) is 18.7 Å². The zero-order valence-corrected chi connectivity index (χ0v) is 9.14. The van der Waals surface area contributed by atoms with Gasteiger partial charge in [0.1, 0.15) is 0 Å². The smallest absolute Gasteiger partial charge is 0.302 e. The van der Waals surface area contributed by atoms with Crippen LogP contribution in [0.5, 0.6) is 0 Å². The third kappa shape index (κ3) is 3.50. The number of hydroxylamine groups is 1. The number of hydrogen-bond acceptors (Lipinski definition) is 2. The quantitative estimate of drug-likeness (QED) is 0.805. The van der Waals surface area contributed by atoms with Gasteiger partial charge in [0, 0.05) is 0 Å². The van der Waals surface area contributed by atoms with Gasteiger partial charge in [0.15, 0.2) is 0 Å². The Kier molecular flexibility index (Phi) is 4.32. The molecule has 0 amide bonds. The van der Waals surface area contributed by atoms with E-state index in [-0.39, 0.29) is 6.04 Å². The van der Waals surface area contributed by atoms with E-state index in [9.17, 15) is 13.2 Å². The molecule has 0 fully saturated rings. The van der Waals surface area contributed by atoms with Gasteiger partial charge in [-0.15, -0.1) is 0 Å². The minimum Gasteiger partial charge on any atom is -0.302 e. The van der Waals surface area contributed by atoms with Crippen LogP contribution in [0.15, 0.2) is 24.3 Å². The maximum atomic E-state index is 12.4. The summed E-state index contributed by atoms with van der Waals surface area (Å²) in [6.45, 7) is 4.00. The van der Waals surface area contributed by atoms with Crippen LogP contribution in [0.2, 0.25) is 0 Å². The predicted molar refractivity (Wildman–Crippen MR) is 54.6 cm³/mol. The lowest BCUT2D eigenvalue weighted by Gasteiger charge is -2.15. The summed E-state index contributed by atoms with van der Waals surface area (Å²) in [7, 11) is 0. The predicted octanol–water partition coefficient (Wildman–Crippen LogP) is 3.31. The molecule has 0 bridgehead atoms. The highest BCUT2D eigenvalue weighted by molar-refractivity contribution is 5.27. The summed E-state index contributed by atoms with van der Waals surface area (Å²) in [5, 5.41) is 0. The standard InChI is InChI=1S/C11H14F3NO/c1-3-16-15-8(2)9-5-4-6-10(7-9)11(12,13)14/h4-8,15H,3H2,1-2H3. The first-order valence-corrected chi connectivity index (χ1v) is 4.99. The number of alkyl halides is 3.